The number of pyridine rings is 1. The van der Waals surface area contributed by atoms with Gasteiger partial charge in [0.05, 0.1) is 36.7 Å². The number of fused-ring (bicyclic) bond motifs is 1. The molecular formula is C29H29N3O5. The van der Waals surface area contributed by atoms with Crippen molar-refractivity contribution in [2.24, 2.45) is 0 Å². The summed E-state index contributed by atoms with van der Waals surface area (Å²) < 4.78 is 13.2. The molecule has 1 aliphatic rings. The van der Waals surface area contributed by atoms with Gasteiger partial charge in [0.1, 0.15) is 22.9 Å². The summed E-state index contributed by atoms with van der Waals surface area (Å²) in [6, 6.07) is 13.8. The maximum absolute atomic E-state index is 13.4. The SMILES string of the molecule is CCCCOc1cccc(C2C(=C(O)c3nc4c(C)cccn4c3C)C(=O)C(=O)N2Cc2ccco2)c1. The van der Waals surface area contributed by atoms with Crippen LogP contribution in [-0.2, 0) is 16.1 Å². The van der Waals surface area contributed by atoms with E-state index in [-0.39, 0.29) is 23.6 Å². The Morgan fingerprint density at radius 1 is 1.14 bits per heavy atom. The van der Waals surface area contributed by atoms with E-state index in [9.17, 15) is 14.7 Å². The van der Waals surface area contributed by atoms with Crippen LogP contribution in [0.2, 0.25) is 0 Å². The molecule has 5 rings (SSSR count). The Kier molecular flexibility index (Phi) is 6.56. The van der Waals surface area contributed by atoms with Gasteiger partial charge in [0, 0.05) is 6.20 Å². The van der Waals surface area contributed by atoms with E-state index in [1.807, 2.05) is 60.8 Å². The van der Waals surface area contributed by atoms with Crippen molar-refractivity contribution in [2.45, 2.75) is 46.2 Å². The number of aryl methyl sites for hydroxylation is 2. The number of carbonyl (C=O) groups is 2. The van der Waals surface area contributed by atoms with Gasteiger partial charge in [0.15, 0.2) is 5.76 Å². The fourth-order valence-corrected chi connectivity index (χ4v) is 4.74. The van der Waals surface area contributed by atoms with Gasteiger partial charge in [-0.05, 0) is 61.7 Å². The number of furan rings is 1. The van der Waals surface area contributed by atoms with Crippen molar-refractivity contribution in [3.8, 4) is 5.75 Å². The number of likely N-dealkylation sites (tertiary alicyclic amines) is 1. The predicted octanol–water partition coefficient (Wildman–Crippen LogP) is 5.34. The van der Waals surface area contributed by atoms with Crippen LogP contribution >= 0.6 is 0 Å². The summed E-state index contributed by atoms with van der Waals surface area (Å²) in [6.45, 7) is 6.47. The molecule has 0 radical (unpaired) electrons. The highest BCUT2D eigenvalue weighted by Crippen LogP contribution is 2.41. The summed E-state index contributed by atoms with van der Waals surface area (Å²) in [5.41, 5.74) is 3.19. The molecule has 0 bridgehead atoms. The largest absolute Gasteiger partial charge is 0.505 e. The van der Waals surface area contributed by atoms with Gasteiger partial charge < -0.3 is 23.6 Å². The molecule has 1 N–H and O–H groups in total. The third-order valence-corrected chi connectivity index (χ3v) is 6.70. The summed E-state index contributed by atoms with van der Waals surface area (Å²) in [5.74, 6) is -0.614. The zero-order valence-electron chi connectivity index (χ0n) is 21.1. The number of hydrogen-bond donors (Lipinski definition) is 1. The van der Waals surface area contributed by atoms with Gasteiger partial charge in [-0.1, -0.05) is 31.5 Å². The average molecular weight is 500 g/mol. The molecule has 0 aliphatic carbocycles. The highest BCUT2D eigenvalue weighted by molar-refractivity contribution is 6.46. The highest BCUT2D eigenvalue weighted by Gasteiger charge is 2.47. The molecule has 0 saturated carbocycles. The van der Waals surface area contributed by atoms with Gasteiger partial charge in [0.25, 0.3) is 11.7 Å². The number of amides is 1. The number of ketones is 1. The number of Topliss-reactive ketones (excluding diaryl/α,β-unsaturated/α-hetero) is 1. The molecule has 0 spiro atoms. The van der Waals surface area contributed by atoms with E-state index < -0.39 is 17.7 Å². The molecule has 1 atom stereocenters. The van der Waals surface area contributed by atoms with Crippen molar-refractivity contribution in [2.75, 3.05) is 6.61 Å². The minimum absolute atomic E-state index is 0.00794. The van der Waals surface area contributed by atoms with Crippen molar-refractivity contribution in [3.63, 3.8) is 0 Å². The number of aliphatic hydroxyl groups is 1. The molecule has 1 fully saturated rings. The van der Waals surface area contributed by atoms with Gasteiger partial charge >= 0.3 is 0 Å². The minimum atomic E-state index is -0.842. The molecule has 4 aromatic rings. The quantitative estimate of drug-likeness (QED) is 0.152. The third kappa shape index (κ3) is 4.39. The number of nitrogens with zero attached hydrogens (tertiary/aromatic N) is 3. The molecule has 37 heavy (non-hydrogen) atoms. The molecule has 8 heteroatoms. The van der Waals surface area contributed by atoms with Crippen molar-refractivity contribution in [3.05, 3.63) is 94.8 Å². The van der Waals surface area contributed by atoms with Crippen LogP contribution in [0.3, 0.4) is 0 Å². The predicted molar refractivity (Wildman–Crippen MR) is 138 cm³/mol. The Labute approximate surface area is 214 Å². The molecule has 1 unspecified atom stereocenters. The fraction of sp³-hybridized carbons (Fsp3) is 0.276. The smallest absolute Gasteiger partial charge is 0.296 e. The van der Waals surface area contributed by atoms with Gasteiger partial charge in [-0.25, -0.2) is 4.98 Å². The number of carbonyl (C=O) groups excluding carboxylic acids is 2. The van der Waals surface area contributed by atoms with Crippen LogP contribution in [0, 0.1) is 13.8 Å². The second-order valence-electron chi connectivity index (χ2n) is 9.21. The van der Waals surface area contributed by atoms with Crippen molar-refractivity contribution >= 4 is 23.1 Å². The Hall–Kier alpha value is -4.33. The number of aliphatic hydroxyl groups excluding tert-OH is 1. The van der Waals surface area contributed by atoms with Crippen LogP contribution in [-0.4, -0.2) is 37.7 Å². The van der Waals surface area contributed by atoms with Crippen LogP contribution < -0.4 is 4.74 Å². The number of imidazole rings is 1. The normalized spacial score (nSPS) is 17.2. The topological polar surface area (TPSA) is 97.3 Å². The van der Waals surface area contributed by atoms with Crippen LogP contribution in [0.4, 0.5) is 0 Å². The van der Waals surface area contributed by atoms with E-state index in [1.165, 1.54) is 11.2 Å². The van der Waals surface area contributed by atoms with Gasteiger partial charge in [-0.3, -0.25) is 9.59 Å². The lowest BCUT2D eigenvalue weighted by molar-refractivity contribution is -0.140. The molecule has 190 valence electrons. The van der Waals surface area contributed by atoms with Crippen molar-refractivity contribution in [1.82, 2.24) is 14.3 Å². The molecule has 1 aliphatic heterocycles. The molecule has 8 nitrogen and oxygen atoms in total. The first-order valence-corrected chi connectivity index (χ1v) is 12.4. The van der Waals surface area contributed by atoms with Crippen LogP contribution in [0.25, 0.3) is 11.4 Å². The lowest BCUT2D eigenvalue weighted by Gasteiger charge is -2.24. The summed E-state index contributed by atoms with van der Waals surface area (Å²) in [6.07, 6.45) is 5.28. The lowest BCUT2D eigenvalue weighted by atomic mass is 9.96. The van der Waals surface area contributed by atoms with Crippen molar-refractivity contribution in [1.29, 1.82) is 0 Å². The number of ether oxygens (including phenoxy) is 1. The number of hydrogen-bond acceptors (Lipinski definition) is 6. The van der Waals surface area contributed by atoms with Crippen LogP contribution in [0.15, 0.2) is 71.0 Å². The maximum atomic E-state index is 13.4. The fourth-order valence-electron chi connectivity index (χ4n) is 4.74. The van der Waals surface area contributed by atoms with E-state index in [0.29, 0.717) is 35.0 Å². The van der Waals surface area contributed by atoms with E-state index in [4.69, 9.17) is 9.15 Å². The highest BCUT2D eigenvalue weighted by atomic mass is 16.5. The number of unbranched alkanes of at least 4 members (excludes halogenated alkanes) is 1. The Bertz CT molecular complexity index is 1500. The summed E-state index contributed by atoms with van der Waals surface area (Å²) in [5, 5.41) is 11.5. The zero-order chi connectivity index (χ0) is 26.1. The number of benzene rings is 1. The number of aromatic nitrogens is 2. The van der Waals surface area contributed by atoms with Gasteiger partial charge in [-0.2, -0.15) is 0 Å². The summed E-state index contributed by atoms with van der Waals surface area (Å²) in [4.78, 5) is 32.8. The molecule has 1 amide bonds. The first-order valence-electron chi connectivity index (χ1n) is 12.4. The molecule has 3 aromatic heterocycles. The Balaban J connectivity index is 1.66. The molecule has 1 saturated heterocycles. The van der Waals surface area contributed by atoms with Crippen LogP contribution in [0.5, 0.6) is 5.75 Å². The monoisotopic (exact) mass is 499 g/mol. The molecule has 1 aromatic carbocycles. The standard InChI is InChI=1S/C29H29N3O5/c1-4-5-14-36-21-11-6-10-20(16-21)25-23(27(34)29(35)32(25)17-22-12-8-15-37-22)26(33)24-19(3)31-13-7-9-18(2)28(31)30-24/h6-13,15-16,25,33H,4-5,14,17H2,1-3H3. The molecular weight excluding hydrogens is 470 g/mol. The van der Waals surface area contributed by atoms with E-state index in [2.05, 4.69) is 11.9 Å². The van der Waals surface area contributed by atoms with E-state index in [1.54, 1.807) is 12.1 Å². The second-order valence-corrected chi connectivity index (χ2v) is 9.21. The average Bonchev–Trinajstić information content (AvgIpc) is 3.59. The Morgan fingerprint density at radius 3 is 2.70 bits per heavy atom. The van der Waals surface area contributed by atoms with E-state index >= 15 is 0 Å². The second kappa shape index (κ2) is 9.97. The van der Waals surface area contributed by atoms with Crippen LogP contribution in [0.1, 0.15) is 54.1 Å². The molecule has 4 heterocycles. The minimum Gasteiger partial charge on any atom is -0.505 e. The summed E-state index contributed by atoms with van der Waals surface area (Å²) in [7, 11) is 0. The van der Waals surface area contributed by atoms with Gasteiger partial charge in [-0.15, -0.1) is 0 Å². The van der Waals surface area contributed by atoms with E-state index in [0.717, 1.165) is 18.4 Å². The maximum Gasteiger partial charge on any atom is 0.296 e. The third-order valence-electron chi connectivity index (χ3n) is 6.70. The number of rotatable bonds is 8. The Morgan fingerprint density at radius 2 is 1.97 bits per heavy atom. The van der Waals surface area contributed by atoms with Gasteiger partial charge in [0.2, 0.25) is 0 Å². The zero-order valence-corrected chi connectivity index (χ0v) is 21.1. The van der Waals surface area contributed by atoms with Crippen molar-refractivity contribution < 1.29 is 23.8 Å². The summed E-state index contributed by atoms with van der Waals surface area (Å²) >= 11 is 0. The first-order chi connectivity index (χ1) is 17.9. The first kappa shape index (κ1) is 24.4. The lowest BCUT2D eigenvalue weighted by Crippen LogP contribution is -2.29.